The van der Waals surface area contributed by atoms with Gasteiger partial charge in [-0.1, -0.05) is 18.2 Å². The molecular weight excluding hydrogens is 476 g/mol. The number of anilines is 1. The lowest BCUT2D eigenvalue weighted by Crippen LogP contribution is -2.23. The molecule has 0 atom stereocenters. The van der Waals surface area contributed by atoms with Gasteiger partial charge >= 0.3 is 0 Å². The van der Waals surface area contributed by atoms with Gasteiger partial charge in [0, 0.05) is 54.7 Å². The maximum absolute atomic E-state index is 11.5. The number of rotatable bonds is 8. The van der Waals surface area contributed by atoms with Gasteiger partial charge in [-0.05, 0) is 45.4 Å². The Morgan fingerprint density at radius 2 is 2.00 bits per heavy atom. The van der Waals surface area contributed by atoms with Gasteiger partial charge in [0.15, 0.2) is 5.13 Å². The topological polar surface area (TPSA) is 103 Å². The minimum Gasteiger partial charge on any atom is -0.472 e. The van der Waals surface area contributed by atoms with Crippen LogP contribution in [0, 0.1) is 0 Å². The summed E-state index contributed by atoms with van der Waals surface area (Å²) < 4.78 is 9.38. The van der Waals surface area contributed by atoms with Crippen LogP contribution in [0.1, 0.15) is 43.6 Å². The van der Waals surface area contributed by atoms with E-state index in [0.717, 1.165) is 22.4 Å². The van der Waals surface area contributed by atoms with Crippen molar-refractivity contribution >= 4 is 28.8 Å². The number of nitrogens with one attached hydrogen (secondary N) is 2. The van der Waals surface area contributed by atoms with Crippen LogP contribution >= 0.6 is 11.3 Å². The quantitative estimate of drug-likeness (QED) is 0.336. The highest BCUT2D eigenvalue weighted by molar-refractivity contribution is 7.14. The maximum Gasteiger partial charge on any atom is 0.252 e. The van der Waals surface area contributed by atoms with Gasteiger partial charge in [-0.25, -0.2) is 4.98 Å². The zero-order valence-electron chi connectivity index (χ0n) is 21.2. The molecule has 0 fully saturated rings. The van der Waals surface area contributed by atoms with E-state index in [1.165, 1.54) is 11.3 Å². The van der Waals surface area contributed by atoms with Crippen LogP contribution in [0.15, 0.2) is 60.4 Å². The Bertz CT molecular complexity index is 1280. The Morgan fingerprint density at radius 1 is 1.19 bits per heavy atom. The van der Waals surface area contributed by atoms with Gasteiger partial charge in [0.2, 0.25) is 12.3 Å². The van der Waals surface area contributed by atoms with E-state index in [2.05, 4.69) is 41.5 Å². The van der Waals surface area contributed by atoms with Gasteiger partial charge in [0.1, 0.15) is 6.61 Å². The smallest absolute Gasteiger partial charge is 0.252 e. The predicted molar refractivity (Wildman–Crippen MR) is 142 cm³/mol. The third-order valence-corrected chi connectivity index (χ3v) is 5.83. The lowest BCUT2D eigenvalue weighted by atomic mass is 10.1. The van der Waals surface area contributed by atoms with E-state index in [9.17, 15) is 9.59 Å². The standard InChI is InChI=1S/C15H14N4O2S.C11H18N2O/c1-19-6-5-14(18-19)21-8-11-3-2-4-12(7-11)13-9-22-15(17-13)16-10-20;1-5-12-10(14)9-6-7-13(8-9)11(2,3)4/h2-7,9-10H,8H2,1H3,(H,16,17,20);6-8H,5H2,1-4H3,(H,12,14). The molecule has 4 rings (SSSR count). The number of amides is 2. The fourth-order valence-corrected chi connectivity index (χ4v) is 3.86. The van der Waals surface area contributed by atoms with Crippen LogP contribution in [-0.4, -0.2) is 38.2 Å². The second kappa shape index (κ2) is 12.2. The van der Waals surface area contributed by atoms with Crippen LogP contribution in [0.5, 0.6) is 5.88 Å². The minimum absolute atomic E-state index is 0.00417. The van der Waals surface area contributed by atoms with Crippen molar-refractivity contribution < 1.29 is 14.3 Å². The zero-order chi connectivity index (χ0) is 26.1. The van der Waals surface area contributed by atoms with E-state index in [1.807, 2.05) is 78.9 Å². The highest BCUT2D eigenvalue weighted by atomic mass is 32.1. The molecule has 2 N–H and O–H groups in total. The molecule has 9 nitrogen and oxygen atoms in total. The van der Waals surface area contributed by atoms with Crippen LogP contribution in [0.25, 0.3) is 11.3 Å². The summed E-state index contributed by atoms with van der Waals surface area (Å²) in [5.74, 6) is 0.592. The first-order valence-corrected chi connectivity index (χ1v) is 12.4. The average Bonchev–Trinajstić information content (AvgIpc) is 3.60. The molecule has 0 radical (unpaired) electrons. The molecule has 3 heterocycles. The Balaban J connectivity index is 0.000000223. The van der Waals surface area contributed by atoms with Crippen molar-refractivity contribution in [2.75, 3.05) is 11.9 Å². The lowest BCUT2D eigenvalue weighted by molar-refractivity contribution is -0.105. The van der Waals surface area contributed by atoms with Gasteiger partial charge in [0.25, 0.3) is 5.91 Å². The molecule has 1 aromatic carbocycles. The second-order valence-corrected chi connectivity index (χ2v) is 9.81. The normalized spacial score (nSPS) is 10.8. The number of ether oxygens (including phenoxy) is 1. The van der Waals surface area contributed by atoms with Gasteiger partial charge in [-0.2, -0.15) is 0 Å². The molecule has 36 heavy (non-hydrogen) atoms. The van der Waals surface area contributed by atoms with Crippen LogP contribution in [0.2, 0.25) is 0 Å². The number of thiazole rings is 1. The molecule has 0 aliphatic rings. The number of nitrogens with zero attached hydrogens (tertiary/aromatic N) is 4. The number of carbonyl (C=O) groups is 2. The van der Waals surface area contributed by atoms with E-state index in [1.54, 1.807) is 4.68 Å². The highest BCUT2D eigenvalue weighted by Crippen LogP contribution is 2.25. The SMILES string of the molecule is CCNC(=O)c1ccn(C(C)(C)C)c1.Cn1ccc(OCc2cccc(-c3csc(NC=O)n3)c2)n1. The van der Waals surface area contributed by atoms with Crippen molar-refractivity contribution in [1.29, 1.82) is 0 Å². The minimum atomic E-state index is -0.00417. The molecule has 10 heteroatoms. The Hall–Kier alpha value is -3.92. The summed E-state index contributed by atoms with van der Waals surface area (Å²) in [5.41, 5.74) is 3.60. The molecule has 4 aromatic rings. The van der Waals surface area contributed by atoms with Crippen LogP contribution < -0.4 is 15.4 Å². The second-order valence-electron chi connectivity index (χ2n) is 8.95. The molecule has 0 spiro atoms. The Morgan fingerprint density at radius 3 is 2.64 bits per heavy atom. The molecule has 3 aromatic heterocycles. The molecule has 0 aliphatic carbocycles. The summed E-state index contributed by atoms with van der Waals surface area (Å²) in [7, 11) is 1.85. The fraction of sp³-hybridized carbons (Fsp3) is 0.308. The van der Waals surface area contributed by atoms with E-state index in [-0.39, 0.29) is 11.4 Å². The molecule has 2 amide bonds. The zero-order valence-corrected chi connectivity index (χ0v) is 22.0. The predicted octanol–water partition coefficient (Wildman–Crippen LogP) is 4.68. The molecule has 0 saturated carbocycles. The number of hydrogen-bond acceptors (Lipinski definition) is 6. The molecule has 0 saturated heterocycles. The third kappa shape index (κ3) is 7.54. The van der Waals surface area contributed by atoms with Crippen molar-refractivity contribution in [3.63, 3.8) is 0 Å². The number of carbonyl (C=O) groups excluding carboxylic acids is 2. The molecule has 0 aliphatic heterocycles. The van der Waals surface area contributed by atoms with Crippen molar-refractivity contribution in [3.8, 4) is 17.1 Å². The van der Waals surface area contributed by atoms with Gasteiger partial charge < -0.3 is 19.9 Å². The summed E-state index contributed by atoms with van der Waals surface area (Å²) in [6, 6.07) is 11.6. The molecule has 190 valence electrons. The first-order chi connectivity index (χ1) is 17.2. The van der Waals surface area contributed by atoms with E-state index < -0.39 is 0 Å². The van der Waals surface area contributed by atoms with Crippen LogP contribution in [0.3, 0.4) is 0 Å². The van der Waals surface area contributed by atoms with Crippen LogP contribution in [-0.2, 0) is 24.0 Å². The van der Waals surface area contributed by atoms with Crippen molar-refractivity contribution in [2.24, 2.45) is 7.05 Å². The summed E-state index contributed by atoms with van der Waals surface area (Å²) in [4.78, 5) is 26.2. The molecule has 0 bridgehead atoms. The van der Waals surface area contributed by atoms with Gasteiger partial charge in [0.05, 0.1) is 11.3 Å². The summed E-state index contributed by atoms with van der Waals surface area (Å²) in [6.45, 7) is 9.34. The van der Waals surface area contributed by atoms with E-state index in [0.29, 0.717) is 30.6 Å². The number of hydrogen-bond donors (Lipinski definition) is 2. The first-order valence-electron chi connectivity index (χ1n) is 11.5. The average molecular weight is 509 g/mol. The molecule has 0 unspecified atom stereocenters. The maximum atomic E-state index is 11.5. The lowest BCUT2D eigenvalue weighted by Gasteiger charge is -2.20. The number of aryl methyl sites for hydroxylation is 1. The van der Waals surface area contributed by atoms with E-state index >= 15 is 0 Å². The highest BCUT2D eigenvalue weighted by Gasteiger charge is 2.14. The Kier molecular flexibility index (Phi) is 9.02. The van der Waals surface area contributed by atoms with Crippen molar-refractivity contribution in [2.45, 2.75) is 39.8 Å². The van der Waals surface area contributed by atoms with Crippen molar-refractivity contribution in [3.05, 3.63) is 71.5 Å². The largest absolute Gasteiger partial charge is 0.472 e. The first kappa shape index (κ1) is 26.7. The monoisotopic (exact) mass is 508 g/mol. The van der Waals surface area contributed by atoms with Gasteiger partial charge in [-0.15, -0.1) is 16.4 Å². The molecular formula is C26H32N6O3S. The summed E-state index contributed by atoms with van der Waals surface area (Å²) in [5, 5.41) is 12.0. The summed E-state index contributed by atoms with van der Waals surface area (Å²) >= 11 is 1.39. The third-order valence-electron chi connectivity index (χ3n) is 5.05. The summed E-state index contributed by atoms with van der Waals surface area (Å²) in [6.07, 6.45) is 6.28. The fourth-order valence-electron chi connectivity index (χ4n) is 3.18. The van der Waals surface area contributed by atoms with Crippen LogP contribution in [0.4, 0.5) is 5.13 Å². The van der Waals surface area contributed by atoms with Crippen molar-refractivity contribution in [1.82, 2.24) is 24.6 Å². The van der Waals surface area contributed by atoms with E-state index in [4.69, 9.17) is 4.74 Å². The number of aromatic nitrogens is 4. The Labute approximate surface area is 215 Å². The number of benzene rings is 1. The van der Waals surface area contributed by atoms with Gasteiger partial charge in [-0.3, -0.25) is 14.3 Å².